The predicted octanol–water partition coefficient (Wildman–Crippen LogP) is 3.02. The van der Waals surface area contributed by atoms with Crippen LogP contribution >= 0.6 is 24.0 Å². The Morgan fingerprint density at radius 1 is 1.35 bits per heavy atom. The second-order valence-electron chi connectivity index (χ2n) is 6.71. The molecule has 1 aliphatic rings. The van der Waals surface area contributed by atoms with Gasteiger partial charge in [0.05, 0.1) is 11.5 Å². The third kappa shape index (κ3) is 4.83. The number of aliphatic hydroxyl groups is 1. The summed E-state index contributed by atoms with van der Waals surface area (Å²) in [6, 6.07) is 7.31. The average molecular weight is 361 g/mol. The monoisotopic (exact) mass is 360 g/mol. The van der Waals surface area contributed by atoms with E-state index in [1.165, 1.54) is 0 Å². The van der Waals surface area contributed by atoms with Crippen LogP contribution in [0.4, 0.5) is 0 Å². The van der Waals surface area contributed by atoms with E-state index in [4.69, 9.17) is 17.3 Å². The molecule has 1 aliphatic heterocycles. The normalized spacial score (nSPS) is 17.5. The Morgan fingerprint density at radius 3 is 2.35 bits per heavy atom. The first-order valence-electron chi connectivity index (χ1n) is 7.78. The van der Waals surface area contributed by atoms with Crippen LogP contribution in [0.1, 0.15) is 38.4 Å². The maximum atomic E-state index is 12.4. The average Bonchev–Trinajstić information content (AvgIpc) is 2.54. The molecule has 1 unspecified atom stereocenters. The lowest BCUT2D eigenvalue weighted by Crippen LogP contribution is -2.48. The molecule has 3 N–H and O–H groups in total. The molecule has 0 aromatic heterocycles. The highest BCUT2D eigenvalue weighted by atomic mass is 35.5. The minimum Gasteiger partial charge on any atom is -0.388 e. The third-order valence-electron chi connectivity index (χ3n) is 4.57. The highest BCUT2D eigenvalue weighted by Gasteiger charge is 2.34. The zero-order valence-corrected chi connectivity index (χ0v) is 15.2. The van der Waals surface area contributed by atoms with Gasteiger partial charge in [-0.1, -0.05) is 23.7 Å². The number of nitrogens with two attached hydrogens (primary N) is 1. The Balaban J connectivity index is 0.00000264. The molecular formula is C17H26Cl2N2O2. The summed E-state index contributed by atoms with van der Waals surface area (Å²) in [5.74, 6) is 0.278. The molecule has 1 atom stereocenters. The molecule has 4 nitrogen and oxygen atoms in total. The van der Waals surface area contributed by atoms with E-state index in [0.717, 1.165) is 18.4 Å². The van der Waals surface area contributed by atoms with Crippen LogP contribution in [0, 0.1) is 11.3 Å². The van der Waals surface area contributed by atoms with E-state index in [1.54, 1.807) is 12.1 Å². The zero-order valence-electron chi connectivity index (χ0n) is 13.7. The highest BCUT2D eigenvalue weighted by Crippen LogP contribution is 2.32. The van der Waals surface area contributed by atoms with E-state index in [-0.39, 0.29) is 24.2 Å². The number of amides is 1. The highest BCUT2D eigenvalue weighted by molar-refractivity contribution is 6.30. The molecule has 1 heterocycles. The van der Waals surface area contributed by atoms with Gasteiger partial charge in [-0.25, -0.2) is 0 Å². The molecule has 0 aliphatic carbocycles. The van der Waals surface area contributed by atoms with Crippen molar-refractivity contribution in [1.29, 1.82) is 0 Å². The molecular weight excluding hydrogens is 335 g/mol. The maximum Gasteiger partial charge on any atom is 0.229 e. The van der Waals surface area contributed by atoms with Gasteiger partial charge >= 0.3 is 0 Å². The predicted molar refractivity (Wildman–Crippen MR) is 95.8 cm³/mol. The van der Waals surface area contributed by atoms with Gasteiger partial charge in [-0.2, -0.15) is 0 Å². The van der Waals surface area contributed by atoms with Crippen LogP contribution in [-0.2, 0) is 4.79 Å². The van der Waals surface area contributed by atoms with Crippen molar-refractivity contribution < 1.29 is 9.90 Å². The number of rotatable bonds is 4. The van der Waals surface area contributed by atoms with E-state index in [9.17, 15) is 9.90 Å². The molecule has 23 heavy (non-hydrogen) atoms. The zero-order chi connectivity index (χ0) is 16.3. The van der Waals surface area contributed by atoms with E-state index < -0.39 is 11.5 Å². The summed E-state index contributed by atoms with van der Waals surface area (Å²) in [5.41, 5.74) is 6.05. The van der Waals surface area contributed by atoms with Crippen LogP contribution in [0.5, 0.6) is 0 Å². The van der Waals surface area contributed by atoms with E-state index in [2.05, 4.69) is 0 Å². The Hall–Kier alpha value is -0.810. The van der Waals surface area contributed by atoms with Crippen LogP contribution in [0.15, 0.2) is 24.3 Å². The summed E-state index contributed by atoms with van der Waals surface area (Å²) in [6.45, 7) is 5.46. The second kappa shape index (κ2) is 8.34. The van der Waals surface area contributed by atoms with Crippen LogP contribution in [0.3, 0.4) is 0 Å². The lowest BCUT2D eigenvalue weighted by atomic mass is 9.85. The Bertz CT molecular complexity index is 512. The molecule has 0 bridgehead atoms. The minimum absolute atomic E-state index is 0. The number of piperidine rings is 1. The lowest BCUT2D eigenvalue weighted by Gasteiger charge is -2.38. The van der Waals surface area contributed by atoms with Crippen LogP contribution in [0.25, 0.3) is 0 Å². The fraction of sp³-hybridized carbons (Fsp3) is 0.588. The van der Waals surface area contributed by atoms with Crippen molar-refractivity contribution in [3.8, 4) is 0 Å². The van der Waals surface area contributed by atoms with Gasteiger partial charge in [-0.05, 0) is 50.3 Å². The Morgan fingerprint density at radius 2 is 1.87 bits per heavy atom. The fourth-order valence-corrected chi connectivity index (χ4v) is 2.99. The molecule has 1 aromatic carbocycles. The largest absolute Gasteiger partial charge is 0.388 e. The lowest BCUT2D eigenvalue weighted by molar-refractivity contribution is -0.141. The number of benzene rings is 1. The maximum absolute atomic E-state index is 12.4. The summed E-state index contributed by atoms with van der Waals surface area (Å²) >= 11 is 5.88. The first-order chi connectivity index (χ1) is 10.3. The topological polar surface area (TPSA) is 66.6 Å². The summed E-state index contributed by atoms with van der Waals surface area (Å²) in [4.78, 5) is 14.3. The third-order valence-corrected chi connectivity index (χ3v) is 4.83. The number of likely N-dealkylation sites (tertiary alicyclic amines) is 1. The van der Waals surface area contributed by atoms with Crippen LogP contribution in [-0.4, -0.2) is 35.5 Å². The summed E-state index contributed by atoms with van der Waals surface area (Å²) in [6.07, 6.45) is 1.10. The molecule has 1 saturated heterocycles. The van der Waals surface area contributed by atoms with Gasteiger partial charge in [0.1, 0.15) is 0 Å². The number of carbonyl (C=O) groups excluding carboxylic acids is 1. The van der Waals surface area contributed by atoms with Gasteiger partial charge < -0.3 is 15.7 Å². The molecule has 2 rings (SSSR count). The first-order valence-corrected chi connectivity index (χ1v) is 8.16. The van der Waals surface area contributed by atoms with Crippen molar-refractivity contribution in [1.82, 2.24) is 4.90 Å². The summed E-state index contributed by atoms with van der Waals surface area (Å²) < 4.78 is 0. The van der Waals surface area contributed by atoms with Crippen molar-refractivity contribution in [3.63, 3.8) is 0 Å². The van der Waals surface area contributed by atoms with Crippen molar-refractivity contribution in [3.05, 3.63) is 34.9 Å². The number of hydrogen-bond donors (Lipinski definition) is 2. The van der Waals surface area contributed by atoms with Crippen LogP contribution < -0.4 is 5.73 Å². The van der Waals surface area contributed by atoms with Crippen molar-refractivity contribution in [2.45, 2.75) is 32.8 Å². The molecule has 6 heteroatoms. The number of aliphatic hydroxyl groups excluding tert-OH is 1. The molecule has 0 saturated carbocycles. The first kappa shape index (κ1) is 20.2. The van der Waals surface area contributed by atoms with Gasteiger partial charge in [0, 0.05) is 24.7 Å². The van der Waals surface area contributed by atoms with E-state index in [1.807, 2.05) is 30.9 Å². The molecule has 0 radical (unpaired) electrons. The van der Waals surface area contributed by atoms with Crippen molar-refractivity contribution in [2.24, 2.45) is 17.1 Å². The smallest absolute Gasteiger partial charge is 0.229 e. The van der Waals surface area contributed by atoms with E-state index >= 15 is 0 Å². The molecule has 1 aromatic rings. The number of nitrogens with zero attached hydrogens (tertiary/aromatic N) is 1. The van der Waals surface area contributed by atoms with Gasteiger partial charge in [0.2, 0.25) is 5.91 Å². The minimum atomic E-state index is -0.512. The van der Waals surface area contributed by atoms with Gasteiger partial charge in [-0.15, -0.1) is 12.4 Å². The second-order valence-corrected chi connectivity index (χ2v) is 7.15. The summed E-state index contributed by atoms with van der Waals surface area (Å²) in [5, 5.41) is 11.2. The number of carbonyl (C=O) groups is 1. The molecule has 1 amide bonds. The fourth-order valence-electron chi connectivity index (χ4n) is 2.87. The SMILES string of the molecule is CC(C)(CN)C(=O)N1CCC(C(O)c2ccc(Cl)cc2)CC1.Cl. The van der Waals surface area contributed by atoms with E-state index in [0.29, 0.717) is 24.7 Å². The van der Waals surface area contributed by atoms with Gasteiger partial charge in [0.15, 0.2) is 0 Å². The number of hydrogen-bond acceptors (Lipinski definition) is 3. The summed E-state index contributed by atoms with van der Waals surface area (Å²) in [7, 11) is 0. The van der Waals surface area contributed by atoms with Gasteiger partial charge in [0.25, 0.3) is 0 Å². The number of halogens is 2. The molecule has 1 fully saturated rings. The van der Waals surface area contributed by atoms with Crippen molar-refractivity contribution in [2.75, 3.05) is 19.6 Å². The Kier molecular flexibility index (Phi) is 7.33. The van der Waals surface area contributed by atoms with Gasteiger partial charge in [-0.3, -0.25) is 4.79 Å². The molecule has 0 spiro atoms. The quantitative estimate of drug-likeness (QED) is 0.866. The molecule has 130 valence electrons. The van der Waals surface area contributed by atoms with Crippen LogP contribution in [0.2, 0.25) is 5.02 Å². The van der Waals surface area contributed by atoms with Crippen molar-refractivity contribution >= 4 is 29.9 Å². The Labute approximate surface area is 149 Å². The standard InChI is InChI=1S/C17H25ClN2O2.ClH/c1-17(2,11-19)16(22)20-9-7-13(8-10-20)15(21)12-3-5-14(18)6-4-12;/h3-6,13,15,21H,7-11,19H2,1-2H3;1H.